The first kappa shape index (κ1) is 29.9. The Hall–Kier alpha value is -2.61. The fourth-order valence-corrected chi connectivity index (χ4v) is 5.91. The van der Waals surface area contributed by atoms with Gasteiger partial charge in [0.2, 0.25) is 0 Å². The maximum atomic E-state index is 15.2. The van der Waals surface area contributed by atoms with Gasteiger partial charge in [0.15, 0.2) is 5.13 Å². The van der Waals surface area contributed by atoms with Gasteiger partial charge in [0.1, 0.15) is 5.60 Å². The molecule has 1 amide bonds. The molecule has 0 aliphatic heterocycles. The van der Waals surface area contributed by atoms with Crippen molar-refractivity contribution in [2.24, 2.45) is 0 Å². The number of carbonyl (C=O) groups excluding carboxylic acids is 1. The fraction of sp³-hybridized carbons (Fsp3) is 0.360. The van der Waals surface area contributed by atoms with Gasteiger partial charge >= 0.3 is 6.09 Å². The van der Waals surface area contributed by atoms with Crippen LogP contribution in [0.15, 0.2) is 63.3 Å². The quantitative estimate of drug-likeness (QED) is 0.225. The lowest BCUT2D eigenvalue weighted by Crippen LogP contribution is -2.37. The van der Waals surface area contributed by atoms with Crippen molar-refractivity contribution in [1.82, 2.24) is 15.6 Å². The van der Waals surface area contributed by atoms with E-state index in [0.717, 1.165) is 11.3 Å². The van der Waals surface area contributed by atoms with Crippen molar-refractivity contribution in [2.45, 2.75) is 43.6 Å². The number of alkyl carbamates (subject to hydrolysis) is 1. The molecule has 206 valence electrons. The molecule has 0 saturated carbocycles. The number of hydrogen-bond acceptors (Lipinski definition) is 7. The van der Waals surface area contributed by atoms with Crippen molar-refractivity contribution < 1.29 is 26.7 Å². The number of rotatable bonds is 11. The van der Waals surface area contributed by atoms with Gasteiger partial charge in [0.25, 0.3) is 15.9 Å². The topological polar surface area (TPSA) is 109 Å². The van der Waals surface area contributed by atoms with Crippen LogP contribution in [-0.2, 0) is 20.7 Å². The van der Waals surface area contributed by atoms with Crippen LogP contribution in [0.3, 0.4) is 0 Å². The summed E-state index contributed by atoms with van der Waals surface area (Å²) in [5.74, 6) is -3.18. The summed E-state index contributed by atoms with van der Waals surface area (Å²) < 4.78 is 63.9. The van der Waals surface area contributed by atoms with Gasteiger partial charge < -0.3 is 15.4 Å². The van der Waals surface area contributed by atoms with E-state index in [4.69, 9.17) is 4.74 Å². The van der Waals surface area contributed by atoms with E-state index in [0.29, 0.717) is 11.0 Å². The van der Waals surface area contributed by atoms with Crippen LogP contribution >= 0.6 is 27.3 Å². The Morgan fingerprint density at radius 3 is 2.53 bits per heavy atom. The number of benzene rings is 2. The molecule has 8 nitrogen and oxygen atoms in total. The molecule has 0 saturated heterocycles. The highest BCUT2D eigenvalue weighted by Gasteiger charge is 2.34. The molecule has 0 aliphatic rings. The van der Waals surface area contributed by atoms with E-state index >= 15 is 8.78 Å². The molecule has 0 unspecified atom stereocenters. The summed E-state index contributed by atoms with van der Waals surface area (Å²) in [4.78, 5) is 16.0. The van der Waals surface area contributed by atoms with Crippen LogP contribution in [-0.4, -0.2) is 44.7 Å². The number of aromatic nitrogens is 1. The van der Waals surface area contributed by atoms with Crippen LogP contribution in [0.1, 0.15) is 32.8 Å². The number of thiazole rings is 1. The largest absolute Gasteiger partial charge is 0.444 e. The second-order valence-electron chi connectivity index (χ2n) is 9.28. The number of halogens is 3. The first-order valence-corrected chi connectivity index (χ1v) is 14.8. The van der Waals surface area contributed by atoms with Crippen molar-refractivity contribution in [3.63, 3.8) is 0 Å². The standard InChI is InChI=1S/C25H29BrF2N4O4S2/c1-24(2,3)36-23(33)30-14-13-29-12-11-25(27,28)20-10-5-4-9-19(20)21-16-37-22(31-21)32-38(34,35)18-8-6-7-17(26)15-18/h4-10,15-16,29H,11-14H2,1-3H3,(H,30,33)(H,31,32). The van der Waals surface area contributed by atoms with Crippen molar-refractivity contribution in [3.8, 4) is 11.3 Å². The summed E-state index contributed by atoms with van der Waals surface area (Å²) >= 11 is 4.25. The van der Waals surface area contributed by atoms with Gasteiger partial charge in [-0.3, -0.25) is 4.72 Å². The minimum Gasteiger partial charge on any atom is -0.444 e. The van der Waals surface area contributed by atoms with Crippen LogP contribution < -0.4 is 15.4 Å². The Morgan fingerprint density at radius 1 is 1.08 bits per heavy atom. The average Bonchev–Trinajstić information content (AvgIpc) is 3.28. The molecule has 0 radical (unpaired) electrons. The molecule has 13 heteroatoms. The zero-order chi connectivity index (χ0) is 28.0. The minimum atomic E-state index is -3.90. The van der Waals surface area contributed by atoms with Gasteiger partial charge in [-0.15, -0.1) is 11.3 Å². The third kappa shape index (κ3) is 8.72. The number of alkyl halides is 2. The smallest absolute Gasteiger partial charge is 0.407 e. The molecule has 1 heterocycles. The van der Waals surface area contributed by atoms with Gasteiger partial charge in [-0.1, -0.05) is 46.3 Å². The monoisotopic (exact) mass is 630 g/mol. The molecule has 3 N–H and O–H groups in total. The molecule has 38 heavy (non-hydrogen) atoms. The zero-order valence-corrected chi connectivity index (χ0v) is 24.3. The molecular formula is C25H29BrF2N4O4S2. The first-order chi connectivity index (χ1) is 17.8. The van der Waals surface area contributed by atoms with Gasteiger partial charge in [-0.05, 0) is 39.0 Å². The second kappa shape index (κ2) is 12.5. The molecule has 0 atom stereocenters. The molecule has 1 aromatic heterocycles. The maximum Gasteiger partial charge on any atom is 0.407 e. The highest BCUT2D eigenvalue weighted by molar-refractivity contribution is 9.10. The van der Waals surface area contributed by atoms with E-state index in [9.17, 15) is 13.2 Å². The lowest BCUT2D eigenvalue weighted by molar-refractivity contribution is -0.0122. The van der Waals surface area contributed by atoms with Crippen molar-refractivity contribution in [1.29, 1.82) is 0 Å². The molecule has 2 aromatic carbocycles. The summed E-state index contributed by atoms with van der Waals surface area (Å²) in [6, 6.07) is 12.2. The number of amides is 1. The maximum absolute atomic E-state index is 15.2. The first-order valence-electron chi connectivity index (χ1n) is 11.7. The lowest BCUT2D eigenvalue weighted by Gasteiger charge is -2.20. The minimum absolute atomic E-state index is 0.00603. The third-order valence-corrected chi connectivity index (χ3v) is 7.73. The summed E-state index contributed by atoms with van der Waals surface area (Å²) in [5.41, 5.74) is -0.366. The van der Waals surface area contributed by atoms with E-state index in [1.807, 2.05) is 0 Å². The Bertz CT molecular complexity index is 1360. The van der Waals surface area contributed by atoms with Crippen LogP contribution in [0.5, 0.6) is 0 Å². The second-order valence-corrected chi connectivity index (χ2v) is 12.7. The van der Waals surface area contributed by atoms with Gasteiger partial charge in [-0.2, -0.15) is 0 Å². The fourth-order valence-electron chi connectivity index (χ4n) is 3.35. The molecule has 3 rings (SSSR count). The number of anilines is 1. The summed E-state index contributed by atoms with van der Waals surface area (Å²) in [7, 11) is -3.90. The van der Waals surface area contributed by atoms with E-state index in [1.54, 1.807) is 39.0 Å². The Kier molecular flexibility index (Phi) is 9.85. The summed E-state index contributed by atoms with van der Waals surface area (Å²) in [6.07, 6.45) is -1.05. The summed E-state index contributed by atoms with van der Waals surface area (Å²) in [5, 5.41) is 7.06. The molecule has 0 aliphatic carbocycles. The summed E-state index contributed by atoms with van der Waals surface area (Å²) in [6.45, 7) is 5.78. The van der Waals surface area contributed by atoms with Gasteiger partial charge in [0, 0.05) is 47.0 Å². The average molecular weight is 632 g/mol. The Balaban J connectivity index is 1.62. The van der Waals surface area contributed by atoms with Crippen molar-refractivity contribution in [3.05, 3.63) is 63.9 Å². The molecular weight excluding hydrogens is 602 g/mol. The Morgan fingerprint density at radius 2 is 1.82 bits per heavy atom. The van der Waals surface area contributed by atoms with E-state index in [1.165, 1.54) is 35.7 Å². The normalized spacial score (nSPS) is 12.3. The SMILES string of the molecule is CC(C)(C)OC(=O)NCCNCCC(F)(F)c1ccccc1-c1csc(NS(=O)(=O)c2cccc(Br)c2)n1. The third-order valence-electron chi connectivity index (χ3n) is 5.02. The molecule has 0 fully saturated rings. The van der Waals surface area contributed by atoms with Gasteiger partial charge in [-0.25, -0.2) is 27.0 Å². The molecule has 0 spiro atoms. The molecule has 0 bridgehead atoms. The highest BCUT2D eigenvalue weighted by atomic mass is 79.9. The molecule has 3 aromatic rings. The highest BCUT2D eigenvalue weighted by Crippen LogP contribution is 2.39. The van der Waals surface area contributed by atoms with Crippen LogP contribution in [0.2, 0.25) is 0 Å². The van der Waals surface area contributed by atoms with E-state index < -0.39 is 34.1 Å². The van der Waals surface area contributed by atoms with Crippen LogP contribution in [0.25, 0.3) is 11.3 Å². The number of carbonyl (C=O) groups is 1. The van der Waals surface area contributed by atoms with Crippen LogP contribution in [0.4, 0.5) is 18.7 Å². The Labute approximate surface area is 233 Å². The van der Waals surface area contributed by atoms with Crippen molar-refractivity contribution in [2.75, 3.05) is 24.4 Å². The van der Waals surface area contributed by atoms with Gasteiger partial charge in [0.05, 0.1) is 10.6 Å². The van der Waals surface area contributed by atoms with Crippen molar-refractivity contribution >= 4 is 48.5 Å². The predicted molar refractivity (Wildman–Crippen MR) is 148 cm³/mol. The van der Waals surface area contributed by atoms with E-state index in [-0.39, 0.29) is 39.9 Å². The van der Waals surface area contributed by atoms with E-state index in [2.05, 4.69) is 36.3 Å². The van der Waals surface area contributed by atoms with Crippen LogP contribution in [0, 0.1) is 0 Å². The number of ether oxygens (including phenoxy) is 1. The lowest BCUT2D eigenvalue weighted by atomic mass is 9.97. The number of hydrogen-bond donors (Lipinski definition) is 3. The number of nitrogens with one attached hydrogen (secondary N) is 3. The predicted octanol–water partition coefficient (Wildman–Crippen LogP) is 5.97. The number of sulfonamides is 1. The zero-order valence-electron chi connectivity index (χ0n) is 21.1. The number of nitrogens with zero attached hydrogens (tertiary/aromatic N) is 1.